The predicted molar refractivity (Wildman–Crippen MR) is 67.2 cm³/mol. The third-order valence-corrected chi connectivity index (χ3v) is 3.08. The van der Waals surface area contributed by atoms with Gasteiger partial charge in [0, 0.05) is 13.6 Å². The summed E-state index contributed by atoms with van der Waals surface area (Å²) < 4.78 is 13.7. The lowest BCUT2D eigenvalue weighted by atomic mass is 9.97. The minimum absolute atomic E-state index is 0. The van der Waals surface area contributed by atoms with Crippen LogP contribution < -0.4 is 4.90 Å². The van der Waals surface area contributed by atoms with Crippen molar-refractivity contribution < 1.29 is 14.3 Å². The molecule has 0 atom stereocenters. The first-order chi connectivity index (χ1) is 7.52. The standard InChI is InChI=1S/C11H11ClFNO2.ClH/c1-14-4-2-3-6-5-7(12)9(13)8(10(6)14)11(15)16;/h5H,2-4H2,1H3,(H,15,16);1H. The van der Waals surface area contributed by atoms with E-state index in [2.05, 4.69) is 0 Å². The maximum absolute atomic E-state index is 13.7. The molecule has 3 nitrogen and oxygen atoms in total. The molecular formula is C11H12Cl2FNO2. The summed E-state index contributed by atoms with van der Waals surface area (Å²) in [7, 11) is 1.76. The van der Waals surface area contributed by atoms with Crippen LogP contribution in [-0.2, 0) is 6.42 Å². The Kier molecular flexibility index (Phi) is 4.22. The molecule has 0 saturated heterocycles. The Hall–Kier alpha value is -1.00. The van der Waals surface area contributed by atoms with E-state index in [1.807, 2.05) is 0 Å². The van der Waals surface area contributed by atoms with Crippen molar-refractivity contribution >= 4 is 35.7 Å². The average molecular weight is 280 g/mol. The highest BCUT2D eigenvalue weighted by atomic mass is 35.5. The normalized spacial score (nSPS) is 13.9. The fraction of sp³-hybridized carbons (Fsp3) is 0.364. The van der Waals surface area contributed by atoms with Crippen molar-refractivity contribution in [3.63, 3.8) is 0 Å². The molecule has 1 aromatic rings. The first kappa shape index (κ1) is 14.1. The highest BCUT2D eigenvalue weighted by molar-refractivity contribution is 6.31. The van der Waals surface area contributed by atoms with Crippen LogP contribution in [0.4, 0.5) is 10.1 Å². The Morgan fingerprint density at radius 1 is 1.59 bits per heavy atom. The van der Waals surface area contributed by atoms with Gasteiger partial charge < -0.3 is 10.0 Å². The van der Waals surface area contributed by atoms with Gasteiger partial charge in [0.15, 0.2) is 5.82 Å². The third kappa shape index (κ3) is 2.33. The van der Waals surface area contributed by atoms with Gasteiger partial charge >= 0.3 is 5.97 Å². The van der Waals surface area contributed by atoms with Gasteiger partial charge in [-0.15, -0.1) is 12.4 Å². The van der Waals surface area contributed by atoms with E-state index in [1.165, 1.54) is 6.07 Å². The lowest BCUT2D eigenvalue weighted by molar-refractivity contribution is 0.0692. The van der Waals surface area contributed by atoms with Gasteiger partial charge in [-0.05, 0) is 24.5 Å². The minimum atomic E-state index is -1.27. The number of hydrogen-bond donors (Lipinski definition) is 1. The van der Waals surface area contributed by atoms with Crippen molar-refractivity contribution in [2.24, 2.45) is 0 Å². The van der Waals surface area contributed by atoms with E-state index in [9.17, 15) is 9.18 Å². The molecule has 17 heavy (non-hydrogen) atoms. The Labute approximate surface area is 110 Å². The van der Waals surface area contributed by atoms with Crippen LogP contribution in [0.3, 0.4) is 0 Å². The fourth-order valence-electron chi connectivity index (χ4n) is 2.11. The maximum Gasteiger partial charge on any atom is 0.340 e. The molecule has 1 aromatic carbocycles. The summed E-state index contributed by atoms with van der Waals surface area (Å²) in [5.41, 5.74) is 0.947. The van der Waals surface area contributed by atoms with E-state index in [0.717, 1.165) is 24.9 Å². The number of anilines is 1. The summed E-state index contributed by atoms with van der Waals surface area (Å²) in [5.74, 6) is -2.12. The smallest absolute Gasteiger partial charge is 0.340 e. The van der Waals surface area contributed by atoms with E-state index >= 15 is 0 Å². The topological polar surface area (TPSA) is 40.5 Å². The van der Waals surface area contributed by atoms with Crippen LogP contribution in [0.5, 0.6) is 0 Å². The van der Waals surface area contributed by atoms with E-state index in [1.54, 1.807) is 11.9 Å². The van der Waals surface area contributed by atoms with Crippen LogP contribution in [0.25, 0.3) is 0 Å². The zero-order chi connectivity index (χ0) is 11.9. The van der Waals surface area contributed by atoms with E-state index in [-0.39, 0.29) is 23.0 Å². The Bertz CT molecular complexity index is 465. The van der Waals surface area contributed by atoms with E-state index in [0.29, 0.717) is 5.69 Å². The van der Waals surface area contributed by atoms with Gasteiger partial charge in [0.05, 0.1) is 10.7 Å². The summed E-state index contributed by atoms with van der Waals surface area (Å²) in [6.45, 7) is 0.731. The first-order valence-corrected chi connectivity index (χ1v) is 5.35. The molecule has 0 bridgehead atoms. The van der Waals surface area contributed by atoms with Crippen LogP contribution in [0, 0.1) is 5.82 Å². The van der Waals surface area contributed by atoms with E-state index < -0.39 is 11.8 Å². The number of halogens is 3. The summed E-state index contributed by atoms with van der Waals surface area (Å²) in [6, 6.07) is 1.52. The lowest BCUT2D eigenvalue weighted by Gasteiger charge is -2.29. The van der Waals surface area contributed by atoms with Gasteiger partial charge in [0.25, 0.3) is 0 Å². The van der Waals surface area contributed by atoms with Gasteiger partial charge in [-0.2, -0.15) is 0 Å². The molecule has 2 rings (SSSR count). The number of aryl methyl sites for hydroxylation is 1. The van der Waals surface area contributed by atoms with Crippen molar-refractivity contribution in [2.45, 2.75) is 12.8 Å². The second kappa shape index (κ2) is 5.10. The van der Waals surface area contributed by atoms with Crippen LogP contribution in [0.1, 0.15) is 22.3 Å². The third-order valence-electron chi connectivity index (χ3n) is 2.81. The van der Waals surface area contributed by atoms with Crippen LogP contribution in [0.15, 0.2) is 6.07 Å². The van der Waals surface area contributed by atoms with Crippen LogP contribution in [0.2, 0.25) is 5.02 Å². The minimum Gasteiger partial charge on any atom is -0.478 e. The zero-order valence-corrected chi connectivity index (χ0v) is 10.7. The van der Waals surface area contributed by atoms with Crippen molar-refractivity contribution in [1.29, 1.82) is 0 Å². The molecule has 0 spiro atoms. The number of aromatic carboxylic acids is 1. The molecule has 94 valence electrons. The molecule has 6 heteroatoms. The maximum atomic E-state index is 13.7. The van der Waals surface area contributed by atoms with Gasteiger partial charge in [0.2, 0.25) is 0 Å². The van der Waals surface area contributed by atoms with Crippen molar-refractivity contribution in [2.75, 3.05) is 18.5 Å². The predicted octanol–water partition coefficient (Wildman–Crippen LogP) is 2.98. The number of carbonyl (C=O) groups is 1. The quantitative estimate of drug-likeness (QED) is 0.859. The number of rotatable bonds is 1. The molecule has 0 radical (unpaired) electrons. The number of carboxylic acid groups (broad SMARTS) is 1. The highest BCUT2D eigenvalue weighted by Gasteiger charge is 2.26. The Morgan fingerprint density at radius 2 is 2.24 bits per heavy atom. The molecule has 0 aromatic heterocycles. The molecular weight excluding hydrogens is 268 g/mol. The Balaban J connectivity index is 0.00000144. The molecule has 0 fully saturated rings. The number of carboxylic acids is 1. The monoisotopic (exact) mass is 279 g/mol. The summed E-state index contributed by atoms with van der Waals surface area (Å²) in [5, 5.41) is 8.92. The molecule has 0 saturated carbocycles. The van der Waals surface area contributed by atoms with Crippen LogP contribution >= 0.6 is 24.0 Å². The Morgan fingerprint density at radius 3 is 2.82 bits per heavy atom. The lowest BCUT2D eigenvalue weighted by Crippen LogP contribution is -2.27. The molecule has 0 aliphatic carbocycles. The average Bonchev–Trinajstić information content (AvgIpc) is 2.20. The van der Waals surface area contributed by atoms with Crippen molar-refractivity contribution in [3.8, 4) is 0 Å². The molecule has 0 unspecified atom stereocenters. The largest absolute Gasteiger partial charge is 0.478 e. The second-order valence-electron chi connectivity index (χ2n) is 3.89. The van der Waals surface area contributed by atoms with Gasteiger partial charge in [0.1, 0.15) is 5.56 Å². The molecule has 1 aliphatic heterocycles. The first-order valence-electron chi connectivity index (χ1n) is 4.97. The fourth-order valence-corrected chi connectivity index (χ4v) is 2.34. The number of fused-ring (bicyclic) bond motifs is 1. The van der Waals surface area contributed by atoms with Crippen molar-refractivity contribution in [1.82, 2.24) is 0 Å². The number of hydrogen-bond acceptors (Lipinski definition) is 2. The molecule has 1 N–H and O–H groups in total. The number of nitrogens with zero attached hydrogens (tertiary/aromatic N) is 1. The summed E-state index contributed by atoms with van der Waals surface area (Å²) in [6.07, 6.45) is 1.66. The number of benzene rings is 1. The molecule has 0 amide bonds. The summed E-state index contributed by atoms with van der Waals surface area (Å²) >= 11 is 5.69. The van der Waals surface area contributed by atoms with E-state index in [4.69, 9.17) is 16.7 Å². The van der Waals surface area contributed by atoms with Crippen molar-refractivity contribution in [3.05, 3.63) is 28.0 Å². The molecule has 1 aliphatic rings. The second-order valence-corrected chi connectivity index (χ2v) is 4.29. The van der Waals surface area contributed by atoms with Gasteiger partial charge in [-0.1, -0.05) is 11.6 Å². The van der Waals surface area contributed by atoms with Crippen LogP contribution in [-0.4, -0.2) is 24.7 Å². The van der Waals surface area contributed by atoms with Gasteiger partial charge in [-0.25, -0.2) is 9.18 Å². The highest BCUT2D eigenvalue weighted by Crippen LogP contribution is 2.35. The van der Waals surface area contributed by atoms with Gasteiger partial charge in [-0.3, -0.25) is 0 Å². The zero-order valence-electron chi connectivity index (χ0n) is 9.17. The SMILES string of the molecule is CN1CCCc2cc(Cl)c(F)c(C(=O)O)c21.Cl. The molecule has 1 heterocycles. The summed E-state index contributed by atoms with van der Waals surface area (Å²) in [4.78, 5) is 12.8.